The van der Waals surface area contributed by atoms with Gasteiger partial charge in [-0.3, -0.25) is 0 Å². The van der Waals surface area contributed by atoms with Crippen molar-refractivity contribution in [2.45, 2.75) is 6.18 Å². The van der Waals surface area contributed by atoms with Crippen LogP contribution in [0.4, 0.5) is 24.8 Å². The zero-order valence-corrected chi connectivity index (χ0v) is 14.9. The van der Waals surface area contributed by atoms with E-state index in [4.69, 9.17) is 0 Å². The van der Waals surface area contributed by atoms with Crippen molar-refractivity contribution in [2.24, 2.45) is 0 Å². The van der Waals surface area contributed by atoms with Crippen LogP contribution < -0.4 is 4.90 Å². The van der Waals surface area contributed by atoms with E-state index in [2.05, 4.69) is 15.0 Å². The Bertz CT molecular complexity index is 1080. The third-order valence-electron chi connectivity index (χ3n) is 4.18. The molecule has 0 bridgehead atoms. The van der Waals surface area contributed by atoms with Crippen LogP contribution in [0.3, 0.4) is 0 Å². The molecule has 0 fully saturated rings. The predicted octanol–water partition coefficient (Wildman–Crippen LogP) is 5.54. The molecule has 0 aliphatic rings. The summed E-state index contributed by atoms with van der Waals surface area (Å²) >= 11 is 1.42. The van der Waals surface area contributed by atoms with Crippen molar-refractivity contribution in [3.8, 4) is 11.1 Å². The highest BCUT2D eigenvalue weighted by Crippen LogP contribution is 2.39. The molecule has 3 aromatic heterocycles. The molecule has 0 spiro atoms. The summed E-state index contributed by atoms with van der Waals surface area (Å²) in [4.78, 5) is 15.6. The maximum atomic E-state index is 12.8. The molecule has 0 atom stereocenters. The minimum Gasteiger partial charge on any atom is -0.314 e. The minimum atomic E-state index is -4.36. The van der Waals surface area contributed by atoms with Gasteiger partial charge in [0.2, 0.25) is 0 Å². The van der Waals surface area contributed by atoms with Crippen LogP contribution >= 0.6 is 11.3 Å². The number of thiophene rings is 1. The molecule has 0 saturated carbocycles. The second kappa shape index (κ2) is 6.62. The van der Waals surface area contributed by atoms with Gasteiger partial charge in [-0.2, -0.15) is 13.2 Å². The maximum absolute atomic E-state index is 12.8. The molecule has 0 aliphatic heterocycles. The van der Waals surface area contributed by atoms with Crippen molar-refractivity contribution in [2.75, 3.05) is 11.9 Å². The van der Waals surface area contributed by atoms with Gasteiger partial charge < -0.3 is 4.90 Å². The van der Waals surface area contributed by atoms with Gasteiger partial charge in [-0.15, -0.1) is 11.3 Å². The third kappa shape index (κ3) is 3.23. The topological polar surface area (TPSA) is 41.9 Å². The highest BCUT2D eigenvalue weighted by molar-refractivity contribution is 7.17. The van der Waals surface area contributed by atoms with E-state index in [-0.39, 0.29) is 0 Å². The van der Waals surface area contributed by atoms with Gasteiger partial charge in [0.15, 0.2) is 0 Å². The zero-order valence-electron chi connectivity index (χ0n) is 14.1. The Kier molecular flexibility index (Phi) is 4.27. The molecule has 3 heterocycles. The Morgan fingerprint density at radius 3 is 2.41 bits per heavy atom. The van der Waals surface area contributed by atoms with Gasteiger partial charge in [-0.1, -0.05) is 18.2 Å². The van der Waals surface area contributed by atoms with Gasteiger partial charge in [-0.05, 0) is 29.8 Å². The molecular formula is C19H13F3N4S. The smallest absolute Gasteiger partial charge is 0.314 e. The van der Waals surface area contributed by atoms with Gasteiger partial charge in [0.25, 0.3) is 0 Å². The highest BCUT2D eigenvalue weighted by Gasteiger charge is 2.30. The molecule has 0 aliphatic carbocycles. The van der Waals surface area contributed by atoms with Crippen LogP contribution in [-0.2, 0) is 6.18 Å². The fourth-order valence-corrected chi connectivity index (χ4v) is 3.74. The summed E-state index contributed by atoms with van der Waals surface area (Å²) in [7, 11) is 1.85. The van der Waals surface area contributed by atoms with E-state index < -0.39 is 11.7 Å². The van der Waals surface area contributed by atoms with Crippen molar-refractivity contribution in [1.29, 1.82) is 0 Å². The number of halogens is 3. The van der Waals surface area contributed by atoms with Crippen LogP contribution in [0.2, 0.25) is 0 Å². The number of rotatable bonds is 3. The molecule has 0 amide bonds. The van der Waals surface area contributed by atoms with E-state index in [1.807, 2.05) is 35.5 Å². The summed E-state index contributed by atoms with van der Waals surface area (Å²) in [6.07, 6.45) is -1.19. The minimum absolute atomic E-state index is 0.648. The van der Waals surface area contributed by atoms with E-state index in [1.165, 1.54) is 29.8 Å². The number of nitrogens with zero attached hydrogens (tertiary/aromatic N) is 4. The van der Waals surface area contributed by atoms with Crippen LogP contribution in [0.25, 0.3) is 21.3 Å². The molecule has 4 aromatic rings. The zero-order chi connectivity index (χ0) is 19.0. The van der Waals surface area contributed by atoms with E-state index in [0.717, 1.165) is 27.9 Å². The summed E-state index contributed by atoms with van der Waals surface area (Å²) in [5.74, 6) is 1.36. The summed E-state index contributed by atoms with van der Waals surface area (Å²) in [5.41, 5.74) is 0.801. The number of pyridine rings is 1. The van der Waals surface area contributed by atoms with Crippen molar-refractivity contribution < 1.29 is 13.2 Å². The first kappa shape index (κ1) is 17.4. The lowest BCUT2D eigenvalue weighted by Gasteiger charge is -2.18. The molecule has 0 saturated heterocycles. The Labute approximate surface area is 157 Å². The van der Waals surface area contributed by atoms with Crippen molar-refractivity contribution >= 4 is 33.2 Å². The quantitative estimate of drug-likeness (QED) is 0.464. The van der Waals surface area contributed by atoms with Crippen LogP contribution in [0.5, 0.6) is 0 Å². The van der Waals surface area contributed by atoms with Gasteiger partial charge in [0, 0.05) is 24.2 Å². The predicted molar refractivity (Wildman–Crippen MR) is 100 cm³/mol. The lowest BCUT2D eigenvalue weighted by atomic mass is 10.0. The van der Waals surface area contributed by atoms with Crippen molar-refractivity contribution in [1.82, 2.24) is 15.0 Å². The first-order valence-corrected chi connectivity index (χ1v) is 8.87. The van der Waals surface area contributed by atoms with Gasteiger partial charge in [-0.25, -0.2) is 15.0 Å². The number of hydrogen-bond donors (Lipinski definition) is 0. The first-order chi connectivity index (χ1) is 12.9. The van der Waals surface area contributed by atoms with E-state index >= 15 is 0 Å². The first-order valence-electron chi connectivity index (χ1n) is 8.00. The number of benzene rings is 1. The molecular weight excluding hydrogens is 373 g/mol. The molecule has 0 unspecified atom stereocenters. The van der Waals surface area contributed by atoms with Crippen LogP contribution in [0, 0.1) is 0 Å². The van der Waals surface area contributed by atoms with Crippen molar-refractivity contribution in [3.05, 3.63) is 65.9 Å². The number of aromatic nitrogens is 3. The largest absolute Gasteiger partial charge is 0.416 e. The van der Waals surface area contributed by atoms with Gasteiger partial charge in [0.1, 0.15) is 22.8 Å². The fraction of sp³-hybridized carbons (Fsp3) is 0.105. The van der Waals surface area contributed by atoms with Gasteiger partial charge >= 0.3 is 6.18 Å². The molecule has 8 heteroatoms. The average Bonchev–Trinajstić information content (AvgIpc) is 3.12. The second-order valence-corrected chi connectivity index (χ2v) is 6.71. The Morgan fingerprint density at radius 2 is 1.74 bits per heavy atom. The van der Waals surface area contributed by atoms with Crippen LogP contribution in [0.1, 0.15) is 5.56 Å². The summed E-state index contributed by atoms with van der Waals surface area (Å²) < 4.78 is 38.5. The van der Waals surface area contributed by atoms with Crippen molar-refractivity contribution in [3.63, 3.8) is 0 Å². The molecule has 0 N–H and O–H groups in total. The Hall–Kier alpha value is -3.00. The number of hydrogen-bond acceptors (Lipinski definition) is 5. The standard InChI is InChI=1S/C19H13F3N4S/c1-26(15-4-2-3-9-23-15)17-16-14(10-27-18(16)25-11-24-17)12-5-7-13(8-6-12)19(20,21)22/h2-11H,1H3. The van der Waals surface area contributed by atoms with E-state index in [0.29, 0.717) is 17.2 Å². The van der Waals surface area contributed by atoms with Crippen LogP contribution in [0.15, 0.2) is 60.4 Å². The van der Waals surface area contributed by atoms with Gasteiger partial charge in [0.05, 0.1) is 10.9 Å². The highest BCUT2D eigenvalue weighted by atomic mass is 32.1. The molecule has 0 radical (unpaired) electrons. The lowest BCUT2D eigenvalue weighted by molar-refractivity contribution is -0.137. The van der Waals surface area contributed by atoms with E-state index in [9.17, 15) is 13.2 Å². The van der Waals surface area contributed by atoms with E-state index in [1.54, 1.807) is 6.20 Å². The Balaban J connectivity index is 1.83. The molecule has 4 rings (SSSR count). The normalized spacial score (nSPS) is 11.7. The number of anilines is 2. The second-order valence-electron chi connectivity index (χ2n) is 5.85. The molecule has 27 heavy (non-hydrogen) atoms. The summed E-state index contributed by atoms with van der Waals surface area (Å²) in [6.45, 7) is 0. The maximum Gasteiger partial charge on any atom is 0.416 e. The summed E-state index contributed by atoms with van der Waals surface area (Å²) in [5, 5.41) is 2.67. The Morgan fingerprint density at radius 1 is 0.963 bits per heavy atom. The third-order valence-corrected chi connectivity index (χ3v) is 5.07. The van der Waals surface area contributed by atoms with Crippen LogP contribution in [-0.4, -0.2) is 22.0 Å². The monoisotopic (exact) mass is 386 g/mol. The molecule has 1 aromatic carbocycles. The SMILES string of the molecule is CN(c1ccccn1)c1ncnc2scc(-c3ccc(C(F)(F)F)cc3)c12. The fourth-order valence-electron chi connectivity index (χ4n) is 2.83. The number of fused-ring (bicyclic) bond motifs is 1. The molecule has 136 valence electrons. The summed E-state index contributed by atoms with van der Waals surface area (Å²) in [6, 6.07) is 10.7. The average molecular weight is 386 g/mol. The molecule has 4 nitrogen and oxygen atoms in total. The lowest BCUT2D eigenvalue weighted by Crippen LogP contribution is -2.13. The number of alkyl halides is 3.